The van der Waals surface area contributed by atoms with Crippen molar-refractivity contribution >= 4 is 23.2 Å². The first-order valence-electron chi connectivity index (χ1n) is 5.54. The summed E-state index contributed by atoms with van der Waals surface area (Å²) in [6, 6.07) is 11.2. The second-order valence-corrected chi connectivity index (χ2v) is 3.86. The number of alkyl halides is 1. The summed E-state index contributed by atoms with van der Waals surface area (Å²) in [6.45, 7) is 0.465. The minimum atomic E-state index is -0.397. The number of halogens is 1. The molecule has 0 radical (unpaired) electrons. The summed E-state index contributed by atoms with van der Waals surface area (Å²) in [5.74, 6) is 0.0831. The number of benzene rings is 1. The van der Waals surface area contributed by atoms with Crippen LogP contribution in [0, 0.1) is 11.3 Å². The van der Waals surface area contributed by atoms with Gasteiger partial charge in [-0.3, -0.25) is 4.79 Å². The van der Waals surface area contributed by atoms with Crippen LogP contribution in [-0.2, 0) is 4.79 Å². The Balaban J connectivity index is 2.55. The molecule has 0 heterocycles. The number of carbonyl (C=O) groups excluding carboxylic acids is 1. The zero-order chi connectivity index (χ0) is 13.2. The zero-order valence-electron chi connectivity index (χ0n) is 9.82. The van der Waals surface area contributed by atoms with E-state index in [9.17, 15) is 4.79 Å². The number of hydrogen-bond donors (Lipinski definition) is 2. The smallest absolute Gasteiger partial charge is 0.263 e. The number of amides is 1. The molecule has 0 saturated heterocycles. The number of para-hydroxylation sites is 1. The second-order valence-electron chi connectivity index (χ2n) is 3.48. The van der Waals surface area contributed by atoms with E-state index in [-0.39, 0.29) is 5.57 Å². The number of carbonyl (C=O) groups is 1. The monoisotopic (exact) mass is 263 g/mol. The number of nitriles is 1. The normalized spacial score (nSPS) is 10.6. The van der Waals surface area contributed by atoms with Crippen molar-refractivity contribution in [3.63, 3.8) is 0 Å². The van der Waals surface area contributed by atoms with Gasteiger partial charge >= 0.3 is 0 Å². The molecule has 18 heavy (non-hydrogen) atoms. The van der Waals surface area contributed by atoms with Crippen LogP contribution in [0.1, 0.15) is 6.42 Å². The summed E-state index contributed by atoms with van der Waals surface area (Å²) in [6.07, 6.45) is 2.07. The summed E-state index contributed by atoms with van der Waals surface area (Å²) in [5, 5.41) is 14.4. The Morgan fingerprint density at radius 1 is 1.39 bits per heavy atom. The molecular formula is C13H14ClN3O. The number of hydrogen-bond acceptors (Lipinski definition) is 3. The Kier molecular flexibility index (Phi) is 6.37. The van der Waals surface area contributed by atoms with E-state index in [0.717, 1.165) is 5.69 Å². The van der Waals surface area contributed by atoms with Gasteiger partial charge in [0.1, 0.15) is 11.6 Å². The molecule has 94 valence electrons. The van der Waals surface area contributed by atoms with Crippen LogP contribution < -0.4 is 10.6 Å². The first kappa shape index (κ1) is 14.1. The number of anilines is 1. The third kappa shape index (κ3) is 4.89. The van der Waals surface area contributed by atoms with Crippen LogP contribution in [0.25, 0.3) is 0 Å². The van der Waals surface area contributed by atoms with Crippen molar-refractivity contribution in [3.8, 4) is 6.07 Å². The van der Waals surface area contributed by atoms with Gasteiger partial charge in [0, 0.05) is 24.3 Å². The van der Waals surface area contributed by atoms with E-state index in [1.165, 1.54) is 6.20 Å². The highest BCUT2D eigenvalue weighted by Crippen LogP contribution is 2.05. The summed E-state index contributed by atoms with van der Waals surface area (Å²) < 4.78 is 0. The number of rotatable bonds is 6. The maximum absolute atomic E-state index is 11.6. The van der Waals surface area contributed by atoms with E-state index < -0.39 is 5.91 Å². The molecule has 5 heteroatoms. The fourth-order valence-electron chi connectivity index (χ4n) is 1.20. The van der Waals surface area contributed by atoms with Gasteiger partial charge in [-0.25, -0.2) is 0 Å². The molecule has 0 aliphatic heterocycles. The van der Waals surface area contributed by atoms with Crippen molar-refractivity contribution in [3.05, 3.63) is 42.1 Å². The van der Waals surface area contributed by atoms with Gasteiger partial charge in [0.05, 0.1) is 0 Å². The lowest BCUT2D eigenvalue weighted by Gasteiger charge is -2.03. The number of nitrogens with zero attached hydrogens (tertiary/aromatic N) is 1. The van der Waals surface area contributed by atoms with E-state index >= 15 is 0 Å². The summed E-state index contributed by atoms with van der Waals surface area (Å²) in [5.41, 5.74) is 0.854. The molecule has 1 aromatic rings. The van der Waals surface area contributed by atoms with Crippen molar-refractivity contribution in [2.75, 3.05) is 17.7 Å². The van der Waals surface area contributed by atoms with Gasteiger partial charge in [-0.15, -0.1) is 11.6 Å². The first-order valence-corrected chi connectivity index (χ1v) is 6.07. The van der Waals surface area contributed by atoms with Gasteiger partial charge < -0.3 is 10.6 Å². The van der Waals surface area contributed by atoms with Crippen LogP contribution in [0.15, 0.2) is 42.1 Å². The lowest BCUT2D eigenvalue weighted by Crippen LogP contribution is -2.26. The van der Waals surface area contributed by atoms with Gasteiger partial charge in [0.15, 0.2) is 0 Å². The lowest BCUT2D eigenvalue weighted by atomic mass is 10.2. The van der Waals surface area contributed by atoms with Crippen molar-refractivity contribution < 1.29 is 4.79 Å². The van der Waals surface area contributed by atoms with E-state index in [4.69, 9.17) is 16.9 Å². The van der Waals surface area contributed by atoms with Crippen molar-refractivity contribution in [1.29, 1.82) is 5.26 Å². The summed E-state index contributed by atoms with van der Waals surface area (Å²) >= 11 is 5.50. The molecule has 0 saturated carbocycles. The number of nitrogens with one attached hydrogen (secondary N) is 2. The molecule has 4 nitrogen and oxygen atoms in total. The van der Waals surface area contributed by atoms with E-state index in [2.05, 4.69) is 10.6 Å². The Morgan fingerprint density at radius 2 is 2.11 bits per heavy atom. The predicted octanol–water partition coefficient (Wildman–Crippen LogP) is 2.25. The molecule has 1 aromatic carbocycles. The molecule has 1 amide bonds. The van der Waals surface area contributed by atoms with Gasteiger partial charge in [0.2, 0.25) is 0 Å². The Hall–Kier alpha value is -1.99. The van der Waals surface area contributed by atoms with Crippen molar-refractivity contribution in [2.45, 2.75) is 6.42 Å². The maximum Gasteiger partial charge on any atom is 0.263 e. The molecule has 0 atom stereocenters. The largest absolute Gasteiger partial charge is 0.360 e. The van der Waals surface area contributed by atoms with Gasteiger partial charge in [-0.1, -0.05) is 18.2 Å². The lowest BCUT2D eigenvalue weighted by molar-refractivity contribution is -0.117. The molecule has 0 spiro atoms. The zero-order valence-corrected chi connectivity index (χ0v) is 10.6. The fraction of sp³-hybridized carbons (Fsp3) is 0.231. The van der Waals surface area contributed by atoms with Gasteiger partial charge in [0.25, 0.3) is 5.91 Å². The van der Waals surface area contributed by atoms with Crippen LogP contribution in [0.2, 0.25) is 0 Å². The average molecular weight is 264 g/mol. The Bertz CT molecular complexity index is 451. The van der Waals surface area contributed by atoms with Crippen LogP contribution in [0.5, 0.6) is 0 Å². The molecule has 0 aliphatic carbocycles. The van der Waals surface area contributed by atoms with Crippen molar-refractivity contribution in [2.24, 2.45) is 0 Å². The third-order valence-electron chi connectivity index (χ3n) is 2.12. The molecule has 0 aromatic heterocycles. The standard InChI is InChI=1S/C13H14ClN3O/c14-7-4-8-16-13(18)11(9-15)10-17-12-5-2-1-3-6-12/h1-3,5-6,10,17H,4,7-8H2,(H,16,18)/b11-10-. The molecule has 1 rings (SSSR count). The SMILES string of the molecule is N#C/C(=C/Nc1ccccc1)C(=O)NCCCCl. The summed E-state index contributed by atoms with van der Waals surface area (Å²) in [7, 11) is 0. The Morgan fingerprint density at radius 3 is 2.72 bits per heavy atom. The van der Waals surface area contributed by atoms with Crippen LogP contribution >= 0.6 is 11.6 Å². The quantitative estimate of drug-likeness (QED) is 0.358. The Labute approximate surface area is 111 Å². The molecule has 0 aliphatic rings. The van der Waals surface area contributed by atoms with Crippen LogP contribution in [-0.4, -0.2) is 18.3 Å². The maximum atomic E-state index is 11.6. The van der Waals surface area contributed by atoms with Crippen LogP contribution in [0.4, 0.5) is 5.69 Å². The second kappa shape index (κ2) is 8.15. The van der Waals surface area contributed by atoms with Gasteiger partial charge in [-0.05, 0) is 18.6 Å². The minimum absolute atomic E-state index is 0.0356. The van der Waals surface area contributed by atoms with E-state index in [1.807, 2.05) is 36.4 Å². The van der Waals surface area contributed by atoms with Crippen molar-refractivity contribution in [1.82, 2.24) is 5.32 Å². The highest BCUT2D eigenvalue weighted by atomic mass is 35.5. The highest BCUT2D eigenvalue weighted by molar-refractivity contribution is 6.17. The molecule has 0 fully saturated rings. The third-order valence-corrected chi connectivity index (χ3v) is 2.39. The highest BCUT2D eigenvalue weighted by Gasteiger charge is 2.07. The molecular weight excluding hydrogens is 250 g/mol. The molecule has 0 unspecified atom stereocenters. The topological polar surface area (TPSA) is 64.9 Å². The van der Waals surface area contributed by atoms with Crippen LogP contribution in [0.3, 0.4) is 0 Å². The molecule has 2 N–H and O–H groups in total. The molecule has 0 bridgehead atoms. The average Bonchev–Trinajstić information content (AvgIpc) is 2.41. The summed E-state index contributed by atoms with van der Waals surface area (Å²) in [4.78, 5) is 11.6. The van der Waals surface area contributed by atoms with Gasteiger partial charge in [-0.2, -0.15) is 5.26 Å². The minimum Gasteiger partial charge on any atom is -0.360 e. The fourth-order valence-corrected chi connectivity index (χ4v) is 1.34. The predicted molar refractivity (Wildman–Crippen MR) is 72.1 cm³/mol. The van der Waals surface area contributed by atoms with E-state index in [1.54, 1.807) is 0 Å². The van der Waals surface area contributed by atoms with E-state index in [0.29, 0.717) is 18.8 Å². The first-order chi connectivity index (χ1) is 8.77.